The first kappa shape index (κ1) is 22.0. The third-order valence-electron chi connectivity index (χ3n) is 5.56. The molecule has 7 nitrogen and oxygen atoms in total. The van der Waals surface area contributed by atoms with Crippen LogP contribution in [0, 0.1) is 10.5 Å². The Balaban J connectivity index is 1.57. The van der Waals surface area contributed by atoms with Crippen LogP contribution >= 0.6 is 22.6 Å². The topological polar surface area (TPSA) is 68.6 Å². The summed E-state index contributed by atoms with van der Waals surface area (Å²) in [6.45, 7) is 7.66. The number of halogens is 1. The molecule has 2 heterocycles. The molecule has 0 atom stereocenters. The van der Waals surface area contributed by atoms with E-state index in [1.54, 1.807) is 11.7 Å². The van der Waals surface area contributed by atoms with Gasteiger partial charge in [0.1, 0.15) is 11.6 Å². The number of fused-ring (bicyclic) bond motifs is 1. The first-order chi connectivity index (χ1) is 15.0. The number of rotatable bonds is 7. The van der Waals surface area contributed by atoms with Crippen molar-refractivity contribution >= 4 is 39.2 Å². The molecule has 1 aliphatic heterocycles. The zero-order valence-electron chi connectivity index (χ0n) is 17.9. The maximum atomic E-state index is 13.3. The third-order valence-corrected chi connectivity index (χ3v) is 6.39. The summed E-state index contributed by atoms with van der Waals surface area (Å²) in [5.74, 6) is 1.51. The molecule has 1 saturated heterocycles. The van der Waals surface area contributed by atoms with Gasteiger partial charge in [0.25, 0.3) is 5.56 Å². The van der Waals surface area contributed by atoms with Crippen molar-refractivity contribution in [1.29, 1.82) is 0 Å². The Bertz CT molecular complexity index is 1110. The highest BCUT2D eigenvalue weighted by Crippen LogP contribution is 2.23. The predicted octanol–water partition coefficient (Wildman–Crippen LogP) is 3.11. The van der Waals surface area contributed by atoms with Gasteiger partial charge in [-0.25, -0.2) is 4.98 Å². The van der Waals surface area contributed by atoms with Crippen molar-refractivity contribution in [1.82, 2.24) is 14.5 Å². The average molecular weight is 534 g/mol. The normalized spacial score (nSPS) is 14.7. The minimum Gasteiger partial charge on any atom is -0.497 e. The Labute approximate surface area is 195 Å². The molecule has 0 radical (unpaired) electrons. The molecule has 4 rings (SSSR count). The minimum absolute atomic E-state index is 0.0203. The Hall–Kier alpha value is -2.17. The Kier molecular flexibility index (Phi) is 7.09. The minimum atomic E-state index is -0.0203. The second-order valence-electron chi connectivity index (χ2n) is 7.63. The number of methoxy groups -OCH3 is 1. The molecular formula is C23H27IN4O3. The summed E-state index contributed by atoms with van der Waals surface area (Å²) in [4.78, 5) is 20.5. The SMILES string of the molecule is COc1ccc(Cn2c(C)nc3c(I)cc(NCCN4CCOCC4)cc3c2=O)cc1. The molecule has 0 amide bonds. The number of hydrogen-bond acceptors (Lipinski definition) is 6. The van der Waals surface area contributed by atoms with E-state index in [-0.39, 0.29) is 5.56 Å². The zero-order valence-corrected chi connectivity index (χ0v) is 20.0. The van der Waals surface area contributed by atoms with Crippen LogP contribution < -0.4 is 15.6 Å². The van der Waals surface area contributed by atoms with E-state index in [1.807, 2.05) is 37.3 Å². The van der Waals surface area contributed by atoms with E-state index >= 15 is 0 Å². The molecule has 8 heteroatoms. The second-order valence-corrected chi connectivity index (χ2v) is 8.80. The largest absolute Gasteiger partial charge is 0.497 e. The highest BCUT2D eigenvalue weighted by Gasteiger charge is 2.14. The quantitative estimate of drug-likeness (QED) is 0.470. The number of benzene rings is 2. The summed E-state index contributed by atoms with van der Waals surface area (Å²) < 4.78 is 13.3. The summed E-state index contributed by atoms with van der Waals surface area (Å²) in [5.41, 5.74) is 2.71. The van der Waals surface area contributed by atoms with Gasteiger partial charge in [0.05, 0.1) is 37.8 Å². The van der Waals surface area contributed by atoms with Crippen molar-refractivity contribution in [2.45, 2.75) is 13.5 Å². The molecule has 1 fully saturated rings. The molecule has 2 aromatic carbocycles. The Morgan fingerprint density at radius 3 is 2.65 bits per heavy atom. The van der Waals surface area contributed by atoms with E-state index in [0.717, 1.165) is 65.5 Å². The molecule has 31 heavy (non-hydrogen) atoms. The van der Waals surface area contributed by atoms with Crippen molar-refractivity contribution < 1.29 is 9.47 Å². The van der Waals surface area contributed by atoms with Crippen molar-refractivity contribution in [3.05, 3.63) is 61.7 Å². The lowest BCUT2D eigenvalue weighted by atomic mass is 10.2. The van der Waals surface area contributed by atoms with Crippen LogP contribution in [0.5, 0.6) is 5.75 Å². The molecule has 0 saturated carbocycles. The van der Waals surface area contributed by atoms with Crippen LogP contribution in [0.4, 0.5) is 5.69 Å². The number of aryl methyl sites for hydroxylation is 1. The third kappa shape index (κ3) is 5.19. The van der Waals surface area contributed by atoms with E-state index in [0.29, 0.717) is 17.8 Å². The average Bonchev–Trinajstić information content (AvgIpc) is 2.79. The molecule has 1 aromatic heterocycles. The van der Waals surface area contributed by atoms with E-state index in [2.05, 4.69) is 38.9 Å². The van der Waals surface area contributed by atoms with Crippen LogP contribution in [0.25, 0.3) is 10.9 Å². The first-order valence-corrected chi connectivity index (χ1v) is 11.5. The molecule has 0 spiro atoms. The van der Waals surface area contributed by atoms with Gasteiger partial charge in [-0.2, -0.15) is 0 Å². The maximum Gasteiger partial charge on any atom is 0.261 e. The van der Waals surface area contributed by atoms with Crippen LogP contribution in [0.3, 0.4) is 0 Å². The van der Waals surface area contributed by atoms with E-state index in [4.69, 9.17) is 14.5 Å². The lowest BCUT2D eigenvalue weighted by Gasteiger charge is -2.26. The van der Waals surface area contributed by atoms with Gasteiger partial charge in [-0.05, 0) is 59.3 Å². The van der Waals surface area contributed by atoms with Gasteiger partial charge in [0.2, 0.25) is 0 Å². The fourth-order valence-electron chi connectivity index (χ4n) is 3.78. The second kappa shape index (κ2) is 9.97. The lowest BCUT2D eigenvalue weighted by Crippen LogP contribution is -2.39. The van der Waals surface area contributed by atoms with Gasteiger partial charge in [0.15, 0.2) is 0 Å². The van der Waals surface area contributed by atoms with Crippen LogP contribution in [0.15, 0.2) is 41.2 Å². The van der Waals surface area contributed by atoms with Crippen molar-refractivity contribution in [3.8, 4) is 5.75 Å². The van der Waals surface area contributed by atoms with Crippen LogP contribution in [0.1, 0.15) is 11.4 Å². The van der Waals surface area contributed by atoms with E-state index in [1.165, 1.54) is 0 Å². The van der Waals surface area contributed by atoms with Gasteiger partial charge < -0.3 is 14.8 Å². The monoisotopic (exact) mass is 534 g/mol. The zero-order chi connectivity index (χ0) is 21.8. The number of nitrogens with one attached hydrogen (secondary N) is 1. The molecule has 3 aromatic rings. The van der Waals surface area contributed by atoms with E-state index in [9.17, 15) is 4.79 Å². The van der Waals surface area contributed by atoms with Gasteiger partial charge >= 0.3 is 0 Å². The summed E-state index contributed by atoms with van der Waals surface area (Å²) in [6, 6.07) is 11.7. The number of morpholine rings is 1. The first-order valence-electron chi connectivity index (χ1n) is 10.4. The fraction of sp³-hybridized carbons (Fsp3) is 0.391. The lowest BCUT2D eigenvalue weighted by molar-refractivity contribution is 0.0398. The summed E-state index contributed by atoms with van der Waals surface area (Å²) in [6.07, 6.45) is 0. The smallest absolute Gasteiger partial charge is 0.261 e. The summed E-state index contributed by atoms with van der Waals surface area (Å²) in [7, 11) is 1.64. The van der Waals surface area contributed by atoms with Gasteiger partial charge in [-0.15, -0.1) is 0 Å². The number of anilines is 1. The van der Waals surface area contributed by atoms with Gasteiger partial charge in [0, 0.05) is 35.4 Å². The summed E-state index contributed by atoms with van der Waals surface area (Å²) in [5, 5.41) is 4.11. The molecule has 0 bridgehead atoms. The van der Waals surface area contributed by atoms with Crippen LogP contribution in [-0.4, -0.2) is 61.0 Å². The number of ether oxygens (including phenoxy) is 2. The van der Waals surface area contributed by atoms with Crippen LogP contribution in [-0.2, 0) is 11.3 Å². The Morgan fingerprint density at radius 2 is 1.94 bits per heavy atom. The molecule has 1 aliphatic rings. The number of hydrogen-bond donors (Lipinski definition) is 1. The fourth-order valence-corrected chi connectivity index (χ4v) is 4.52. The molecular weight excluding hydrogens is 507 g/mol. The molecule has 164 valence electrons. The standard InChI is InChI=1S/C23H27IN4O3/c1-16-26-22-20(23(29)28(16)15-17-3-5-19(30-2)6-4-17)13-18(14-21(22)24)25-7-8-27-9-11-31-12-10-27/h3-6,13-14,25H,7-12,15H2,1-2H3. The van der Waals surface area contributed by atoms with E-state index < -0.39 is 0 Å². The van der Waals surface area contributed by atoms with Crippen molar-refractivity contribution in [2.75, 3.05) is 51.8 Å². The van der Waals surface area contributed by atoms with Gasteiger partial charge in [-0.3, -0.25) is 14.3 Å². The maximum absolute atomic E-state index is 13.3. The molecule has 1 N–H and O–H groups in total. The van der Waals surface area contributed by atoms with Crippen LogP contribution in [0.2, 0.25) is 0 Å². The van der Waals surface area contributed by atoms with Crippen molar-refractivity contribution in [3.63, 3.8) is 0 Å². The molecule has 0 unspecified atom stereocenters. The highest BCUT2D eigenvalue weighted by atomic mass is 127. The summed E-state index contributed by atoms with van der Waals surface area (Å²) >= 11 is 2.26. The number of nitrogens with zero attached hydrogens (tertiary/aromatic N) is 3. The highest BCUT2D eigenvalue weighted by molar-refractivity contribution is 14.1. The Morgan fingerprint density at radius 1 is 1.19 bits per heavy atom. The van der Waals surface area contributed by atoms with Gasteiger partial charge in [-0.1, -0.05) is 12.1 Å². The predicted molar refractivity (Wildman–Crippen MR) is 131 cm³/mol. The van der Waals surface area contributed by atoms with Crippen molar-refractivity contribution in [2.24, 2.45) is 0 Å². The number of aromatic nitrogens is 2. The molecule has 0 aliphatic carbocycles.